The molecule has 0 spiro atoms. The van der Waals surface area contributed by atoms with E-state index in [1.807, 2.05) is 36.4 Å². The van der Waals surface area contributed by atoms with Gasteiger partial charge in [0.25, 0.3) is 0 Å². The highest BCUT2D eigenvalue weighted by Gasteiger charge is 2.10. The minimum absolute atomic E-state index is 0.414. The van der Waals surface area contributed by atoms with Crippen LogP contribution in [0.5, 0.6) is 5.75 Å². The first-order valence-corrected chi connectivity index (χ1v) is 7.90. The van der Waals surface area contributed by atoms with Crippen molar-refractivity contribution in [2.75, 3.05) is 0 Å². The van der Waals surface area contributed by atoms with Crippen LogP contribution in [0.1, 0.15) is 11.1 Å². The molecule has 0 saturated heterocycles. The zero-order chi connectivity index (χ0) is 13.8. The maximum Gasteiger partial charge on any atom is 0.146 e. The van der Waals surface area contributed by atoms with E-state index in [4.69, 9.17) is 21.6 Å². The molecule has 2 rings (SSSR count). The van der Waals surface area contributed by atoms with Gasteiger partial charge in [0.1, 0.15) is 12.4 Å². The number of nitrogens with zero attached hydrogens (tertiary/aromatic N) is 1. The Morgan fingerprint density at radius 2 is 1.79 bits per heavy atom. The number of rotatable bonds is 3. The van der Waals surface area contributed by atoms with E-state index in [-0.39, 0.29) is 0 Å². The largest absolute Gasteiger partial charge is 0.487 e. The molecule has 2 aromatic rings. The number of ether oxygens (including phenoxy) is 1. The van der Waals surface area contributed by atoms with Crippen molar-refractivity contribution in [2.45, 2.75) is 6.61 Å². The number of hydrogen-bond acceptors (Lipinski definition) is 2. The van der Waals surface area contributed by atoms with Crippen molar-refractivity contribution in [3.8, 4) is 11.8 Å². The highest BCUT2D eigenvalue weighted by Crippen LogP contribution is 2.30. The molecule has 0 aromatic heterocycles. The maximum atomic E-state index is 8.91. The lowest BCUT2D eigenvalue weighted by Gasteiger charge is -2.11. The van der Waals surface area contributed by atoms with Crippen molar-refractivity contribution in [2.24, 2.45) is 0 Å². The summed E-state index contributed by atoms with van der Waals surface area (Å²) >= 11 is 10.4. The Balaban J connectivity index is 2.21. The fourth-order valence-electron chi connectivity index (χ4n) is 1.53. The van der Waals surface area contributed by atoms with Gasteiger partial charge in [-0.2, -0.15) is 5.26 Å². The zero-order valence-corrected chi connectivity index (χ0v) is 14.7. The third kappa shape index (κ3) is 3.74. The molecule has 0 aliphatic carbocycles. The molecule has 19 heavy (non-hydrogen) atoms. The molecule has 2 aromatic carbocycles. The number of hydrogen-bond donors (Lipinski definition) is 0. The Labute approximate surface area is 144 Å². The summed E-state index contributed by atoms with van der Waals surface area (Å²) in [6.07, 6.45) is 0. The Morgan fingerprint density at radius 1 is 1.16 bits per heavy atom. The van der Waals surface area contributed by atoms with Gasteiger partial charge in [0.2, 0.25) is 0 Å². The standard InChI is InChI=1S/C14H8ClI2NO/c15-11-4-2-1-3-10(11)8-19-14-12(16)5-9(7-18)6-13(14)17/h1-6H,8H2. The molecule has 0 heterocycles. The molecule has 0 aliphatic rings. The van der Waals surface area contributed by atoms with Crippen molar-refractivity contribution in [3.63, 3.8) is 0 Å². The predicted octanol–water partition coefficient (Wildman–Crippen LogP) is 5.00. The van der Waals surface area contributed by atoms with Crippen LogP contribution < -0.4 is 4.74 Å². The average molecular weight is 495 g/mol. The van der Waals surface area contributed by atoms with Gasteiger partial charge in [-0.05, 0) is 63.4 Å². The molecule has 0 saturated carbocycles. The Kier molecular flexibility index (Phi) is 5.30. The van der Waals surface area contributed by atoms with E-state index < -0.39 is 0 Å². The summed E-state index contributed by atoms with van der Waals surface area (Å²) in [7, 11) is 0. The Bertz CT molecular complexity index is 629. The lowest BCUT2D eigenvalue weighted by atomic mass is 10.2. The average Bonchev–Trinajstić information content (AvgIpc) is 2.39. The molecule has 0 bridgehead atoms. The van der Waals surface area contributed by atoms with Crippen LogP contribution in [0.25, 0.3) is 0 Å². The van der Waals surface area contributed by atoms with E-state index in [9.17, 15) is 0 Å². The summed E-state index contributed by atoms with van der Waals surface area (Å²) < 4.78 is 7.67. The fraction of sp³-hybridized carbons (Fsp3) is 0.0714. The molecule has 96 valence electrons. The van der Waals surface area contributed by atoms with Crippen LogP contribution in [0.3, 0.4) is 0 Å². The molecule has 0 unspecified atom stereocenters. The smallest absolute Gasteiger partial charge is 0.146 e. The van der Waals surface area contributed by atoms with Gasteiger partial charge in [-0.1, -0.05) is 29.8 Å². The van der Waals surface area contributed by atoms with E-state index in [0.717, 1.165) is 18.5 Å². The van der Waals surface area contributed by atoms with Crippen LogP contribution in [0.4, 0.5) is 0 Å². The van der Waals surface area contributed by atoms with Crippen molar-refractivity contribution in [1.82, 2.24) is 0 Å². The maximum absolute atomic E-state index is 8.91. The molecule has 2 nitrogen and oxygen atoms in total. The highest BCUT2D eigenvalue weighted by atomic mass is 127. The van der Waals surface area contributed by atoms with Crippen LogP contribution in [-0.2, 0) is 6.61 Å². The summed E-state index contributed by atoms with van der Waals surface area (Å²) in [5, 5.41) is 9.60. The van der Waals surface area contributed by atoms with Crippen LogP contribution in [0.2, 0.25) is 5.02 Å². The second kappa shape index (κ2) is 6.77. The lowest BCUT2D eigenvalue weighted by molar-refractivity contribution is 0.302. The minimum Gasteiger partial charge on any atom is -0.487 e. The van der Waals surface area contributed by atoms with Gasteiger partial charge >= 0.3 is 0 Å². The van der Waals surface area contributed by atoms with Gasteiger partial charge in [0.15, 0.2) is 0 Å². The van der Waals surface area contributed by atoms with Gasteiger partial charge in [0.05, 0.1) is 18.8 Å². The van der Waals surface area contributed by atoms with E-state index in [1.165, 1.54) is 0 Å². The second-order valence-electron chi connectivity index (χ2n) is 3.76. The summed E-state index contributed by atoms with van der Waals surface area (Å²) in [4.78, 5) is 0. The molecule has 0 amide bonds. The van der Waals surface area contributed by atoms with Crippen LogP contribution >= 0.6 is 56.8 Å². The van der Waals surface area contributed by atoms with E-state index in [0.29, 0.717) is 17.2 Å². The molecule has 0 radical (unpaired) electrons. The zero-order valence-electron chi connectivity index (χ0n) is 9.66. The quantitative estimate of drug-likeness (QED) is 0.562. The number of benzene rings is 2. The third-order valence-corrected chi connectivity index (χ3v) is 4.43. The normalized spacial score (nSPS) is 10.0. The second-order valence-corrected chi connectivity index (χ2v) is 6.49. The predicted molar refractivity (Wildman–Crippen MR) is 92.4 cm³/mol. The van der Waals surface area contributed by atoms with Crippen molar-refractivity contribution in [3.05, 3.63) is 59.7 Å². The van der Waals surface area contributed by atoms with Crippen LogP contribution in [-0.4, -0.2) is 0 Å². The van der Waals surface area contributed by atoms with Crippen LogP contribution in [0.15, 0.2) is 36.4 Å². The minimum atomic E-state index is 0.414. The van der Waals surface area contributed by atoms with Gasteiger partial charge in [0, 0.05) is 10.6 Å². The molecule has 5 heteroatoms. The molecule has 0 N–H and O–H groups in total. The Morgan fingerprint density at radius 3 is 2.37 bits per heavy atom. The van der Waals surface area contributed by atoms with Gasteiger partial charge in [-0.15, -0.1) is 0 Å². The monoisotopic (exact) mass is 495 g/mol. The first-order chi connectivity index (χ1) is 9.11. The number of nitriles is 1. The molecule has 0 atom stereocenters. The van der Waals surface area contributed by atoms with Crippen molar-refractivity contribution in [1.29, 1.82) is 5.26 Å². The molecule has 0 aliphatic heterocycles. The van der Waals surface area contributed by atoms with Gasteiger partial charge < -0.3 is 4.74 Å². The van der Waals surface area contributed by atoms with Crippen molar-refractivity contribution >= 4 is 56.8 Å². The summed E-state index contributed by atoms with van der Waals surface area (Å²) in [5.74, 6) is 0.792. The van der Waals surface area contributed by atoms with Crippen molar-refractivity contribution < 1.29 is 4.74 Å². The first-order valence-electron chi connectivity index (χ1n) is 5.37. The lowest BCUT2D eigenvalue weighted by Crippen LogP contribution is -2.00. The Hall–Kier alpha value is -0.520. The van der Waals surface area contributed by atoms with E-state index in [2.05, 4.69) is 51.3 Å². The van der Waals surface area contributed by atoms with Crippen LogP contribution in [0, 0.1) is 18.5 Å². The molecular formula is C14H8ClI2NO. The molecule has 0 fully saturated rings. The highest BCUT2D eigenvalue weighted by molar-refractivity contribution is 14.1. The molecular weight excluding hydrogens is 487 g/mol. The third-order valence-electron chi connectivity index (χ3n) is 2.46. The summed E-state index contributed by atoms with van der Waals surface area (Å²) in [6, 6.07) is 13.4. The van der Waals surface area contributed by atoms with Gasteiger partial charge in [-0.25, -0.2) is 0 Å². The topological polar surface area (TPSA) is 33.0 Å². The van der Waals surface area contributed by atoms with E-state index >= 15 is 0 Å². The fourth-order valence-corrected chi connectivity index (χ4v) is 3.80. The summed E-state index contributed by atoms with van der Waals surface area (Å²) in [6.45, 7) is 0.414. The van der Waals surface area contributed by atoms with E-state index in [1.54, 1.807) is 0 Å². The van der Waals surface area contributed by atoms with Gasteiger partial charge in [-0.3, -0.25) is 0 Å². The number of halogens is 3. The summed E-state index contributed by atoms with van der Waals surface area (Å²) in [5.41, 5.74) is 1.58. The first kappa shape index (κ1) is 14.9. The SMILES string of the molecule is N#Cc1cc(I)c(OCc2ccccc2Cl)c(I)c1.